The van der Waals surface area contributed by atoms with E-state index in [0.717, 1.165) is 11.3 Å². The van der Waals surface area contributed by atoms with Crippen molar-refractivity contribution in [3.8, 4) is 5.69 Å². The molecule has 0 unspecified atom stereocenters. The van der Waals surface area contributed by atoms with E-state index in [1.165, 1.54) is 0 Å². The molecule has 0 aliphatic carbocycles. The van der Waals surface area contributed by atoms with E-state index in [1.54, 1.807) is 22.3 Å². The third-order valence-corrected chi connectivity index (χ3v) is 4.42. The number of piperazine rings is 1. The van der Waals surface area contributed by atoms with Crippen LogP contribution in [-0.2, 0) is 11.3 Å². The number of ether oxygens (including phenoxy) is 1. The highest BCUT2D eigenvalue weighted by molar-refractivity contribution is 5.75. The number of carbonyl (C=O) groups is 2. The lowest BCUT2D eigenvalue weighted by atomic mass is 10.1. The first-order chi connectivity index (χ1) is 13.3. The van der Waals surface area contributed by atoms with Gasteiger partial charge in [0.25, 0.3) is 0 Å². The van der Waals surface area contributed by atoms with Crippen LogP contribution in [0.2, 0.25) is 0 Å². The summed E-state index contributed by atoms with van der Waals surface area (Å²) in [6.45, 7) is 7.84. The molecule has 0 bridgehead atoms. The van der Waals surface area contributed by atoms with E-state index in [-0.39, 0.29) is 12.1 Å². The van der Waals surface area contributed by atoms with Crippen LogP contribution in [0.3, 0.4) is 0 Å². The molecule has 2 heterocycles. The number of rotatable bonds is 3. The summed E-state index contributed by atoms with van der Waals surface area (Å²) in [7, 11) is 0. The molecule has 0 spiro atoms. The fourth-order valence-electron chi connectivity index (χ4n) is 3.02. The number of imidazole rings is 1. The Balaban J connectivity index is 1.52. The van der Waals surface area contributed by atoms with Crippen LogP contribution in [0.4, 0.5) is 9.59 Å². The maximum atomic E-state index is 12.5. The Morgan fingerprint density at radius 1 is 1.11 bits per heavy atom. The summed E-state index contributed by atoms with van der Waals surface area (Å²) < 4.78 is 7.31. The molecule has 3 amide bonds. The second-order valence-electron chi connectivity index (χ2n) is 7.71. The van der Waals surface area contributed by atoms with E-state index in [1.807, 2.05) is 55.8 Å². The van der Waals surface area contributed by atoms with Gasteiger partial charge >= 0.3 is 12.1 Å². The van der Waals surface area contributed by atoms with Crippen molar-refractivity contribution in [1.29, 1.82) is 0 Å². The Labute approximate surface area is 165 Å². The molecule has 3 rings (SSSR count). The smallest absolute Gasteiger partial charge is 0.410 e. The molecule has 0 atom stereocenters. The third-order valence-electron chi connectivity index (χ3n) is 4.42. The van der Waals surface area contributed by atoms with E-state index in [9.17, 15) is 9.59 Å². The topological polar surface area (TPSA) is 79.7 Å². The van der Waals surface area contributed by atoms with Gasteiger partial charge in [0.1, 0.15) is 5.60 Å². The van der Waals surface area contributed by atoms with Crippen LogP contribution >= 0.6 is 0 Å². The van der Waals surface area contributed by atoms with Crippen molar-refractivity contribution in [3.63, 3.8) is 0 Å². The number of aromatic nitrogens is 2. The lowest BCUT2D eigenvalue weighted by Gasteiger charge is -2.35. The minimum Gasteiger partial charge on any atom is -0.444 e. The molecule has 1 aliphatic heterocycles. The fraction of sp³-hybridized carbons (Fsp3) is 0.450. The third kappa shape index (κ3) is 5.03. The van der Waals surface area contributed by atoms with Gasteiger partial charge in [-0.1, -0.05) is 18.2 Å². The number of benzene rings is 1. The Bertz CT molecular complexity index is 805. The maximum Gasteiger partial charge on any atom is 0.410 e. The molecule has 28 heavy (non-hydrogen) atoms. The zero-order valence-corrected chi connectivity index (χ0v) is 16.6. The maximum absolute atomic E-state index is 12.5. The van der Waals surface area contributed by atoms with Crippen LogP contribution in [0.25, 0.3) is 5.69 Å². The summed E-state index contributed by atoms with van der Waals surface area (Å²) in [5, 5.41) is 2.97. The lowest BCUT2D eigenvalue weighted by Crippen LogP contribution is -2.53. The van der Waals surface area contributed by atoms with Gasteiger partial charge in [0, 0.05) is 45.1 Å². The van der Waals surface area contributed by atoms with Crippen molar-refractivity contribution in [2.75, 3.05) is 26.2 Å². The highest BCUT2D eigenvalue weighted by atomic mass is 16.6. The largest absolute Gasteiger partial charge is 0.444 e. The number of nitrogens with zero attached hydrogens (tertiary/aromatic N) is 4. The Morgan fingerprint density at radius 3 is 2.43 bits per heavy atom. The minimum atomic E-state index is -0.520. The fourth-order valence-corrected chi connectivity index (χ4v) is 3.02. The standard InChI is InChI=1S/C20H27N5O3/c1-20(2,3)28-19(27)24-12-10-23(11-13-24)18(26)22-14-16-6-4-5-7-17(16)25-9-8-21-15-25/h4-9,15H,10-14H2,1-3H3,(H,22,26). The van der Waals surface area contributed by atoms with Gasteiger partial charge in [0.2, 0.25) is 0 Å². The zero-order valence-electron chi connectivity index (χ0n) is 16.6. The molecular formula is C20H27N5O3. The van der Waals surface area contributed by atoms with Crippen molar-refractivity contribution in [2.24, 2.45) is 0 Å². The van der Waals surface area contributed by atoms with Gasteiger partial charge in [-0.3, -0.25) is 0 Å². The number of carbonyl (C=O) groups excluding carboxylic acids is 2. The van der Waals surface area contributed by atoms with Crippen molar-refractivity contribution in [2.45, 2.75) is 32.9 Å². The van der Waals surface area contributed by atoms with Crippen LogP contribution in [0.5, 0.6) is 0 Å². The van der Waals surface area contributed by atoms with Crippen molar-refractivity contribution < 1.29 is 14.3 Å². The molecule has 1 fully saturated rings. The number of para-hydroxylation sites is 1. The van der Waals surface area contributed by atoms with Crippen LogP contribution in [0.15, 0.2) is 43.0 Å². The first-order valence-electron chi connectivity index (χ1n) is 9.40. The van der Waals surface area contributed by atoms with Crippen LogP contribution in [0.1, 0.15) is 26.3 Å². The molecule has 0 saturated carbocycles. The predicted octanol–water partition coefficient (Wildman–Crippen LogP) is 2.63. The molecule has 8 heteroatoms. The minimum absolute atomic E-state index is 0.135. The molecule has 2 aromatic rings. The first kappa shape index (κ1) is 19.7. The molecule has 8 nitrogen and oxygen atoms in total. The van der Waals surface area contributed by atoms with Crippen LogP contribution in [0, 0.1) is 0 Å². The SMILES string of the molecule is CC(C)(C)OC(=O)N1CCN(C(=O)NCc2ccccc2-n2ccnc2)CC1. The monoisotopic (exact) mass is 385 g/mol. The molecule has 1 N–H and O–H groups in total. The van der Waals surface area contributed by atoms with Gasteiger partial charge in [-0.05, 0) is 32.4 Å². The van der Waals surface area contributed by atoms with Crippen molar-refractivity contribution in [1.82, 2.24) is 24.7 Å². The average Bonchev–Trinajstić information content (AvgIpc) is 3.19. The van der Waals surface area contributed by atoms with Crippen LogP contribution in [-0.4, -0.2) is 63.3 Å². The Hall–Kier alpha value is -3.03. The summed E-state index contributed by atoms with van der Waals surface area (Å²) in [5.74, 6) is 0. The van der Waals surface area contributed by atoms with E-state index in [2.05, 4.69) is 10.3 Å². The number of hydrogen-bond acceptors (Lipinski definition) is 4. The number of nitrogens with one attached hydrogen (secondary N) is 1. The predicted molar refractivity (Wildman–Crippen MR) is 105 cm³/mol. The van der Waals surface area contributed by atoms with E-state index >= 15 is 0 Å². The van der Waals surface area contributed by atoms with Gasteiger partial charge < -0.3 is 24.4 Å². The molecule has 1 aromatic heterocycles. The summed E-state index contributed by atoms with van der Waals surface area (Å²) >= 11 is 0. The van der Waals surface area contributed by atoms with Gasteiger partial charge in [-0.15, -0.1) is 0 Å². The van der Waals surface area contributed by atoms with Crippen LogP contribution < -0.4 is 5.32 Å². The number of hydrogen-bond donors (Lipinski definition) is 1. The van der Waals surface area contributed by atoms with E-state index in [4.69, 9.17) is 4.74 Å². The number of amides is 3. The first-order valence-corrected chi connectivity index (χ1v) is 9.40. The van der Waals surface area contributed by atoms with E-state index < -0.39 is 5.60 Å². The Kier molecular flexibility index (Phi) is 5.87. The molecule has 150 valence electrons. The molecular weight excluding hydrogens is 358 g/mol. The summed E-state index contributed by atoms with van der Waals surface area (Å²) in [6.07, 6.45) is 4.99. The quantitative estimate of drug-likeness (QED) is 0.881. The second-order valence-corrected chi connectivity index (χ2v) is 7.71. The van der Waals surface area contributed by atoms with Gasteiger partial charge in [-0.25, -0.2) is 14.6 Å². The normalized spacial score (nSPS) is 14.7. The highest BCUT2D eigenvalue weighted by Gasteiger charge is 2.27. The van der Waals surface area contributed by atoms with Gasteiger partial charge in [0.05, 0.1) is 12.0 Å². The van der Waals surface area contributed by atoms with Gasteiger partial charge in [-0.2, -0.15) is 0 Å². The Morgan fingerprint density at radius 2 is 1.79 bits per heavy atom. The lowest BCUT2D eigenvalue weighted by molar-refractivity contribution is 0.0170. The average molecular weight is 385 g/mol. The highest BCUT2D eigenvalue weighted by Crippen LogP contribution is 2.15. The van der Waals surface area contributed by atoms with Crippen molar-refractivity contribution in [3.05, 3.63) is 48.5 Å². The number of urea groups is 1. The van der Waals surface area contributed by atoms with E-state index in [0.29, 0.717) is 32.7 Å². The molecule has 1 aliphatic rings. The molecule has 1 saturated heterocycles. The van der Waals surface area contributed by atoms with Crippen molar-refractivity contribution >= 4 is 12.1 Å². The second kappa shape index (κ2) is 8.33. The summed E-state index contributed by atoms with van der Waals surface area (Å²) in [4.78, 5) is 32.1. The molecule has 0 radical (unpaired) electrons. The summed E-state index contributed by atoms with van der Waals surface area (Å²) in [5.41, 5.74) is 1.46. The van der Waals surface area contributed by atoms with Gasteiger partial charge in [0.15, 0.2) is 0 Å². The zero-order chi connectivity index (χ0) is 20.1. The summed E-state index contributed by atoms with van der Waals surface area (Å²) in [6, 6.07) is 7.74. The molecule has 1 aromatic carbocycles.